The average Bonchev–Trinajstić information content (AvgIpc) is 1.94. The first kappa shape index (κ1) is 8.92. The molecule has 1 aliphatic carbocycles. The molecule has 2 nitrogen and oxygen atoms in total. The van der Waals surface area contributed by atoms with Gasteiger partial charge in [-0.05, 0) is 12.8 Å². The lowest BCUT2D eigenvalue weighted by atomic mass is 9.98. The summed E-state index contributed by atoms with van der Waals surface area (Å²) in [6.07, 6.45) is 5.29. The molecule has 1 rings (SSSR count). The molecule has 0 bridgehead atoms. The van der Waals surface area contributed by atoms with Crippen LogP contribution in [0.1, 0.15) is 32.1 Å². The van der Waals surface area contributed by atoms with Crippen molar-refractivity contribution in [2.45, 2.75) is 38.2 Å². The molecular weight excluding hydrogens is 116 g/mol. The summed E-state index contributed by atoms with van der Waals surface area (Å²) in [6, 6.07) is 0. The van der Waals surface area contributed by atoms with Crippen molar-refractivity contribution in [1.82, 2.24) is 0 Å². The third-order valence-corrected chi connectivity index (χ3v) is 1.55. The van der Waals surface area contributed by atoms with Crippen molar-refractivity contribution in [2.24, 2.45) is 0 Å². The van der Waals surface area contributed by atoms with Gasteiger partial charge in [0, 0.05) is 0 Å². The lowest BCUT2D eigenvalue weighted by Gasteiger charge is -2.12. The molecule has 1 fully saturated rings. The largest absolute Gasteiger partial charge is 0.240 e. The molecule has 0 N–H and O–H groups in total. The zero-order valence-electron chi connectivity index (χ0n) is 5.93. The highest BCUT2D eigenvalue weighted by atomic mass is 16.3. The molecule has 1 aliphatic rings. The number of hydrogen-bond acceptors (Lipinski definition) is 0. The summed E-state index contributed by atoms with van der Waals surface area (Å²) in [7, 11) is 0.750. The van der Waals surface area contributed by atoms with Crippen molar-refractivity contribution in [3.05, 3.63) is 0 Å². The van der Waals surface area contributed by atoms with Gasteiger partial charge in [-0.1, -0.05) is 19.3 Å². The van der Waals surface area contributed by atoms with E-state index in [0.29, 0.717) is 0 Å². The molecule has 0 atom stereocenters. The zero-order valence-corrected chi connectivity index (χ0v) is 5.93. The summed E-state index contributed by atoms with van der Waals surface area (Å²) in [5.41, 5.74) is 0. The van der Waals surface area contributed by atoms with Crippen LogP contribution in [0.25, 0.3) is 0 Å². The Morgan fingerprint density at radius 2 is 1.44 bits per heavy atom. The summed E-state index contributed by atoms with van der Waals surface area (Å²) in [5.74, 6) is 0. The Hall–Kier alpha value is -0.0800. The van der Waals surface area contributed by atoms with E-state index in [1.165, 1.54) is 19.3 Å². The van der Waals surface area contributed by atoms with Crippen LogP contribution in [-0.4, -0.2) is 13.2 Å². The van der Waals surface area contributed by atoms with Gasteiger partial charge in [0.05, 0.1) is 13.2 Å². The Morgan fingerprint density at radius 1 is 1.00 bits per heavy atom. The molecule has 2 heteroatoms. The first-order chi connectivity index (χ1) is 4.39. The number of rotatable bonds is 0. The minimum atomic E-state index is -0.214. The van der Waals surface area contributed by atoms with Crippen LogP contribution in [0.3, 0.4) is 0 Å². The molecule has 0 spiro atoms. The Bertz CT molecular complexity index is 48.9. The second kappa shape index (κ2) is 6.05. The highest BCUT2D eigenvalue weighted by Gasteiger charge is 2.09. The molecule has 1 saturated carbocycles. The van der Waals surface area contributed by atoms with Gasteiger partial charge in [0.25, 0.3) is 0 Å². The van der Waals surface area contributed by atoms with E-state index in [0.717, 1.165) is 20.0 Å². The third-order valence-electron chi connectivity index (χ3n) is 1.55. The van der Waals surface area contributed by atoms with Crippen molar-refractivity contribution in [3.63, 3.8) is 0 Å². The van der Waals surface area contributed by atoms with E-state index in [1.807, 2.05) is 0 Å². The van der Waals surface area contributed by atoms with Gasteiger partial charge in [-0.25, -0.2) is 10.2 Å². The predicted molar refractivity (Wildman–Crippen MR) is 34.2 cm³/mol. The van der Waals surface area contributed by atoms with Crippen LogP contribution < -0.4 is 0 Å². The molecule has 0 aromatic rings. The fourth-order valence-electron chi connectivity index (χ4n) is 1.07. The van der Waals surface area contributed by atoms with Gasteiger partial charge in [-0.2, -0.15) is 0 Å². The van der Waals surface area contributed by atoms with Gasteiger partial charge in [0.2, 0.25) is 0 Å². The highest BCUT2D eigenvalue weighted by molar-refractivity contribution is 4.61. The Kier molecular flexibility index (Phi) is 5.99. The Balaban J connectivity index is 0.000000291. The van der Waals surface area contributed by atoms with E-state index in [4.69, 9.17) is 5.11 Å². The molecule has 0 heterocycles. The maximum Gasteiger partial charge on any atom is 0.0930 e. The summed E-state index contributed by atoms with van der Waals surface area (Å²) < 4.78 is 0. The SMILES string of the molecule is C[O].[O]C1CCCCC1. The van der Waals surface area contributed by atoms with Crippen molar-refractivity contribution in [1.29, 1.82) is 0 Å². The lowest BCUT2D eigenvalue weighted by Crippen LogP contribution is -2.08. The normalized spacial score (nSPS) is 20.3. The number of hydrogen-bond donors (Lipinski definition) is 0. The lowest BCUT2D eigenvalue weighted by molar-refractivity contribution is 0.0564. The molecule has 0 unspecified atom stereocenters. The van der Waals surface area contributed by atoms with Crippen molar-refractivity contribution in [3.8, 4) is 0 Å². The fraction of sp³-hybridized carbons (Fsp3) is 1.00. The summed E-state index contributed by atoms with van der Waals surface area (Å²) in [6.45, 7) is 0. The van der Waals surface area contributed by atoms with E-state index in [1.54, 1.807) is 0 Å². The highest BCUT2D eigenvalue weighted by Crippen LogP contribution is 2.16. The molecule has 0 saturated heterocycles. The van der Waals surface area contributed by atoms with Crippen LogP contribution in [0.5, 0.6) is 0 Å². The summed E-state index contributed by atoms with van der Waals surface area (Å²) >= 11 is 0. The maximum atomic E-state index is 10.5. The van der Waals surface area contributed by atoms with Gasteiger partial charge in [-0.15, -0.1) is 0 Å². The van der Waals surface area contributed by atoms with Crippen LogP contribution in [0, 0.1) is 0 Å². The molecular formula is C7H14O2. The van der Waals surface area contributed by atoms with Crippen LogP contribution in [0.15, 0.2) is 0 Å². The minimum absolute atomic E-state index is 0.214. The fourth-order valence-corrected chi connectivity index (χ4v) is 1.07. The average molecular weight is 130 g/mol. The molecule has 0 aromatic heterocycles. The second-order valence-corrected chi connectivity index (χ2v) is 2.26. The quantitative estimate of drug-likeness (QED) is 0.479. The molecule has 0 aromatic carbocycles. The van der Waals surface area contributed by atoms with Crippen molar-refractivity contribution < 1.29 is 10.2 Å². The van der Waals surface area contributed by atoms with Crippen LogP contribution in [-0.2, 0) is 10.2 Å². The van der Waals surface area contributed by atoms with Crippen LogP contribution >= 0.6 is 0 Å². The monoisotopic (exact) mass is 130 g/mol. The molecule has 9 heavy (non-hydrogen) atoms. The Morgan fingerprint density at radius 3 is 1.67 bits per heavy atom. The van der Waals surface area contributed by atoms with Gasteiger partial charge >= 0.3 is 0 Å². The van der Waals surface area contributed by atoms with E-state index >= 15 is 0 Å². The first-order valence-corrected chi connectivity index (χ1v) is 3.46. The topological polar surface area (TPSA) is 39.8 Å². The van der Waals surface area contributed by atoms with Crippen molar-refractivity contribution >= 4 is 0 Å². The molecule has 54 valence electrons. The van der Waals surface area contributed by atoms with E-state index in [-0.39, 0.29) is 6.10 Å². The zero-order chi connectivity index (χ0) is 7.11. The second-order valence-electron chi connectivity index (χ2n) is 2.26. The van der Waals surface area contributed by atoms with E-state index in [2.05, 4.69) is 0 Å². The molecule has 0 amide bonds. The third kappa shape index (κ3) is 4.43. The van der Waals surface area contributed by atoms with Gasteiger partial charge in [0.15, 0.2) is 0 Å². The van der Waals surface area contributed by atoms with Gasteiger partial charge < -0.3 is 0 Å². The van der Waals surface area contributed by atoms with Gasteiger partial charge in [0.1, 0.15) is 0 Å². The molecule has 0 aliphatic heterocycles. The van der Waals surface area contributed by atoms with Gasteiger partial charge in [-0.3, -0.25) is 0 Å². The Labute approximate surface area is 56.5 Å². The minimum Gasteiger partial charge on any atom is -0.240 e. The molecule has 2 radical (unpaired) electrons. The first-order valence-electron chi connectivity index (χ1n) is 3.46. The van der Waals surface area contributed by atoms with E-state index in [9.17, 15) is 5.11 Å². The summed E-state index contributed by atoms with van der Waals surface area (Å²) in [4.78, 5) is 0. The smallest absolute Gasteiger partial charge is 0.0930 e. The maximum absolute atomic E-state index is 10.5. The predicted octanol–water partition coefficient (Wildman–Crippen LogP) is 1.80. The van der Waals surface area contributed by atoms with Crippen LogP contribution in [0.2, 0.25) is 0 Å². The van der Waals surface area contributed by atoms with Crippen LogP contribution in [0.4, 0.5) is 0 Å². The van der Waals surface area contributed by atoms with Crippen molar-refractivity contribution in [2.75, 3.05) is 7.11 Å². The van der Waals surface area contributed by atoms with E-state index < -0.39 is 0 Å². The summed E-state index contributed by atoms with van der Waals surface area (Å²) in [5, 5.41) is 18.8. The standard InChI is InChI=1S/C6H11O.CH3O/c7-6-4-2-1-3-5-6;1-2/h6H,1-5H2;1H3.